The summed E-state index contributed by atoms with van der Waals surface area (Å²) in [4.78, 5) is 0. The Bertz CT molecular complexity index is 613. The van der Waals surface area contributed by atoms with E-state index < -0.39 is 6.36 Å². The fourth-order valence-corrected chi connectivity index (χ4v) is 1.95. The van der Waals surface area contributed by atoms with Gasteiger partial charge in [0.15, 0.2) is 0 Å². The molecule has 0 aliphatic rings. The quantitative estimate of drug-likeness (QED) is 0.749. The molecule has 1 nitrogen and oxygen atoms in total. The average Bonchev–Trinajstić information content (AvgIpc) is 2.37. The van der Waals surface area contributed by atoms with Gasteiger partial charge in [0.05, 0.1) is 0 Å². The zero-order valence-corrected chi connectivity index (χ0v) is 10.9. The smallest absolute Gasteiger partial charge is 0.406 e. The van der Waals surface area contributed by atoms with Gasteiger partial charge in [0.25, 0.3) is 0 Å². The molecule has 4 heteroatoms. The molecule has 0 fully saturated rings. The molecule has 104 valence electrons. The van der Waals surface area contributed by atoms with Crippen molar-refractivity contribution in [3.05, 3.63) is 60.2 Å². The Morgan fingerprint density at radius 2 is 1.65 bits per heavy atom. The Morgan fingerprint density at radius 3 is 2.20 bits per heavy atom. The molecule has 0 saturated carbocycles. The second-order valence-electron chi connectivity index (χ2n) is 4.41. The topological polar surface area (TPSA) is 9.23 Å². The van der Waals surface area contributed by atoms with Gasteiger partial charge in [0, 0.05) is 0 Å². The van der Waals surface area contributed by atoms with Crippen LogP contribution in [-0.4, -0.2) is 6.36 Å². The van der Waals surface area contributed by atoms with E-state index in [-0.39, 0.29) is 5.75 Å². The average molecular weight is 278 g/mol. The molecule has 0 spiro atoms. The van der Waals surface area contributed by atoms with Gasteiger partial charge >= 0.3 is 6.36 Å². The lowest BCUT2D eigenvalue weighted by Crippen LogP contribution is -2.16. The molecule has 0 amide bonds. The van der Waals surface area contributed by atoms with Crippen LogP contribution in [0.1, 0.15) is 11.1 Å². The highest BCUT2D eigenvalue weighted by Gasteiger charge is 2.30. The van der Waals surface area contributed by atoms with Crippen LogP contribution in [0.5, 0.6) is 5.75 Å². The summed E-state index contributed by atoms with van der Waals surface area (Å²) in [5, 5.41) is 0. The molecule has 0 bridgehead atoms. The zero-order chi connectivity index (χ0) is 14.8. The van der Waals surface area contributed by atoms with Crippen molar-refractivity contribution < 1.29 is 17.9 Å². The van der Waals surface area contributed by atoms with E-state index in [1.54, 1.807) is 18.2 Å². The molecule has 0 aromatic heterocycles. The van der Waals surface area contributed by atoms with Gasteiger partial charge in [-0.15, -0.1) is 13.2 Å². The third-order valence-corrected chi connectivity index (χ3v) is 2.76. The molecule has 0 aliphatic heterocycles. The molecule has 0 heterocycles. The Hall–Kier alpha value is -2.23. The molecule has 0 unspecified atom stereocenters. The minimum absolute atomic E-state index is 0.224. The summed E-state index contributed by atoms with van der Waals surface area (Å²) in [5.41, 5.74) is 3.79. The molecule has 0 saturated heterocycles. The number of ether oxygens (including phenoxy) is 1. The molecular weight excluding hydrogens is 265 g/mol. The van der Waals surface area contributed by atoms with Gasteiger partial charge in [-0.2, -0.15) is 0 Å². The number of benzene rings is 2. The minimum Gasteiger partial charge on any atom is -0.406 e. The summed E-state index contributed by atoms with van der Waals surface area (Å²) in [5.74, 6) is -0.224. The van der Waals surface area contributed by atoms with Crippen LogP contribution in [0.15, 0.2) is 49.0 Å². The van der Waals surface area contributed by atoms with E-state index in [4.69, 9.17) is 0 Å². The highest BCUT2D eigenvalue weighted by Crippen LogP contribution is 2.27. The summed E-state index contributed by atoms with van der Waals surface area (Å²) in [7, 11) is 0. The van der Waals surface area contributed by atoms with Crippen LogP contribution in [0.25, 0.3) is 17.2 Å². The van der Waals surface area contributed by atoms with Gasteiger partial charge in [0.2, 0.25) is 0 Å². The lowest BCUT2D eigenvalue weighted by Gasteiger charge is -2.10. The van der Waals surface area contributed by atoms with E-state index in [1.807, 2.05) is 25.1 Å². The number of halogens is 3. The van der Waals surface area contributed by atoms with Crippen molar-refractivity contribution in [2.75, 3.05) is 0 Å². The molecule has 0 aliphatic carbocycles. The Morgan fingerprint density at radius 1 is 1.00 bits per heavy atom. The molecule has 2 aromatic rings. The van der Waals surface area contributed by atoms with Crippen molar-refractivity contribution in [2.45, 2.75) is 13.3 Å². The first-order valence-electron chi connectivity index (χ1n) is 5.98. The predicted octanol–water partition coefficient (Wildman–Crippen LogP) is 5.20. The molecule has 0 N–H and O–H groups in total. The molecule has 20 heavy (non-hydrogen) atoms. The third-order valence-electron chi connectivity index (χ3n) is 2.76. The van der Waals surface area contributed by atoms with Gasteiger partial charge in [-0.1, -0.05) is 36.9 Å². The Kier molecular flexibility index (Phi) is 3.84. The zero-order valence-electron chi connectivity index (χ0n) is 10.9. The lowest BCUT2D eigenvalue weighted by molar-refractivity contribution is -0.274. The van der Waals surface area contributed by atoms with Crippen LogP contribution < -0.4 is 4.74 Å². The van der Waals surface area contributed by atoms with Crippen molar-refractivity contribution in [1.29, 1.82) is 0 Å². The summed E-state index contributed by atoms with van der Waals surface area (Å²) in [6.45, 7) is 5.67. The fraction of sp³-hybridized carbons (Fsp3) is 0.125. The molecule has 0 atom stereocenters. The number of alkyl halides is 3. The highest BCUT2D eigenvalue weighted by molar-refractivity contribution is 5.68. The first-order chi connectivity index (χ1) is 9.37. The maximum atomic E-state index is 12.1. The van der Waals surface area contributed by atoms with Crippen LogP contribution in [0.2, 0.25) is 0 Å². The molecule has 2 rings (SSSR count). The van der Waals surface area contributed by atoms with Crippen LogP contribution in [0.3, 0.4) is 0 Å². The van der Waals surface area contributed by atoms with E-state index in [2.05, 4.69) is 11.3 Å². The second-order valence-corrected chi connectivity index (χ2v) is 4.41. The van der Waals surface area contributed by atoms with E-state index in [0.29, 0.717) is 0 Å². The summed E-state index contributed by atoms with van der Waals surface area (Å²) >= 11 is 0. The standard InChI is InChI=1S/C16H13F3O/c1-3-12-8-11(2)9-14(10-12)13-4-6-15(7-5-13)20-16(17,18)19/h3-10H,1H2,2H3. The van der Waals surface area contributed by atoms with Gasteiger partial charge in [-0.3, -0.25) is 0 Å². The number of hydrogen-bond donors (Lipinski definition) is 0. The SMILES string of the molecule is C=Cc1cc(C)cc(-c2ccc(OC(F)(F)F)cc2)c1. The van der Waals surface area contributed by atoms with Crippen LogP contribution in [-0.2, 0) is 0 Å². The Balaban J connectivity index is 2.30. The highest BCUT2D eigenvalue weighted by atomic mass is 19.4. The van der Waals surface area contributed by atoms with Crippen LogP contribution in [0, 0.1) is 6.92 Å². The van der Waals surface area contributed by atoms with Crippen LogP contribution in [0.4, 0.5) is 13.2 Å². The predicted molar refractivity (Wildman–Crippen MR) is 73.4 cm³/mol. The normalized spacial score (nSPS) is 11.2. The van der Waals surface area contributed by atoms with Crippen LogP contribution >= 0.6 is 0 Å². The monoisotopic (exact) mass is 278 g/mol. The second kappa shape index (κ2) is 5.41. The van der Waals surface area contributed by atoms with E-state index >= 15 is 0 Å². The summed E-state index contributed by atoms with van der Waals surface area (Å²) in [6, 6.07) is 11.7. The fourth-order valence-electron chi connectivity index (χ4n) is 1.95. The Labute approximate surface area is 115 Å². The van der Waals surface area contributed by atoms with Crippen molar-refractivity contribution in [3.8, 4) is 16.9 Å². The van der Waals surface area contributed by atoms with Crippen molar-refractivity contribution in [1.82, 2.24) is 0 Å². The minimum atomic E-state index is -4.67. The van der Waals surface area contributed by atoms with E-state index in [9.17, 15) is 13.2 Å². The van der Waals surface area contributed by atoms with Gasteiger partial charge in [-0.25, -0.2) is 0 Å². The maximum Gasteiger partial charge on any atom is 0.573 e. The first-order valence-corrected chi connectivity index (χ1v) is 5.98. The van der Waals surface area contributed by atoms with Gasteiger partial charge in [-0.05, 0) is 47.4 Å². The maximum absolute atomic E-state index is 12.1. The van der Waals surface area contributed by atoms with Gasteiger partial charge < -0.3 is 4.74 Å². The van der Waals surface area contributed by atoms with Crippen molar-refractivity contribution >= 4 is 6.08 Å². The first kappa shape index (κ1) is 14.2. The summed E-state index contributed by atoms with van der Waals surface area (Å²) in [6.07, 6.45) is -2.93. The number of rotatable bonds is 3. The van der Waals surface area contributed by atoms with Gasteiger partial charge in [0.1, 0.15) is 5.75 Å². The number of hydrogen-bond acceptors (Lipinski definition) is 1. The van der Waals surface area contributed by atoms with Crippen molar-refractivity contribution in [3.63, 3.8) is 0 Å². The third kappa shape index (κ3) is 3.63. The van der Waals surface area contributed by atoms with Crippen molar-refractivity contribution in [2.24, 2.45) is 0 Å². The van der Waals surface area contributed by atoms with E-state index in [1.165, 1.54) is 12.1 Å². The molecular formula is C16H13F3O. The molecule has 0 radical (unpaired) electrons. The van der Waals surface area contributed by atoms with E-state index in [0.717, 1.165) is 22.3 Å². The summed E-state index contributed by atoms with van der Waals surface area (Å²) < 4.78 is 40.1. The number of aryl methyl sites for hydroxylation is 1. The lowest BCUT2D eigenvalue weighted by atomic mass is 10.0. The molecule has 2 aromatic carbocycles. The largest absolute Gasteiger partial charge is 0.573 e.